The molecule has 0 fully saturated rings. The summed E-state index contributed by atoms with van der Waals surface area (Å²) >= 11 is 1.06. The molecule has 2 rings (SSSR count). The topological polar surface area (TPSA) is 72.5 Å². The van der Waals surface area contributed by atoms with Crippen molar-refractivity contribution in [2.75, 3.05) is 6.54 Å². The van der Waals surface area contributed by atoms with Crippen LogP contribution in [0.1, 0.15) is 38.8 Å². The van der Waals surface area contributed by atoms with E-state index in [0.29, 0.717) is 22.7 Å². The lowest BCUT2D eigenvalue weighted by molar-refractivity contribution is -0.129. The van der Waals surface area contributed by atoms with Crippen LogP contribution < -0.4 is 5.32 Å². The van der Waals surface area contributed by atoms with E-state index in [1.165, 1.54) is 19.9 Å². The second kappa shape index (κ2) is 8.40. The number of hydrogen-bond donors (Lipinski definition) is 1. The summed E-state index contributed by atoms with van der Waals surface area (Å²) in [5.41, 5.74) is 1.12. The van der Waals surface area contributed by atoms with Crippen LogP contribution in [-0.4, -0.2) is 30.3 Å². The van der Waals surface area contributed by atoms with Crippen LogP contribution in [0.15, 0.2) is 42.5 Å². The van der Waals surface area contributed by atoms with Gasteiger partial charge in [-0.15, -0.1) is 11.3 Å². The minimum atomic E-state index is -0.892. The van der Waals surface area contributed by atoms with Gasteiger partial charge < -0.3 is 10.1 Å². The van der Waals surface area contributed by atoms with E-state index in [2.05, 4.69) is 5.32 Å². The van der Waals surface area contributed by atoms with Crippen LogP contribution in [0.5, 0.6) is 0 Å². The van der Waals surface area contributed by atoms with Gasteiger partial charge >= 0.3 is 5.97 Å². The van der Waals surface area contributed by atoms with Crippen LogP contribution in [0.25, 0.3) is 0 Å². The SMILES string of the molecule is CC(=O)c1ccc(C(=O)OC(C)C(=O)NCCc2ccccc2)s1. The molecule has 5 nitrogen and oxygen atoms in total. The number of rotatable bonds is 7. The summed E-state index contributed by atoms with van der Waals surface area (Å²) in [5, 5.41) is 2.74. The summed E-state index contributed by atoms with van der Waals surface area (Å²) in [5.74, 6) is -1.05. The van der Waals surface area contributed by atoms with Crippen LogP contribution in [-0.2, 0) is 16.0 Å². The molecule has 0 spiro atoms. The van der Waals surface area contributed by atoms with Crippen molar-refractivity contribution in [2.45, 2.75) is 26.4 Å². The molecule has 1 atom stereocenters. The fourth-order valence-electron chi connectivity index (χ4n) is 2.03. The van der Waals surface area contributed by atoms with Gasteiger partial charge in [-0.2, -0.15) is 0 Å². The smallest absolute Gasteiger partial charge is 0.349 e. The van der Waals surface area contributed by atoms with Crippen molar-refractivity contribution in [3.63, 3.8) is 0 Å². The molecule has 24 heavy (non-hydrogen) atoms. The van der Waals surface area contributed by atoms with Crippen LogP contribution in [0.3, 0.4) is 0 Å². The average Bonchev–Trinajstić information content (AvgIpc) is 3.06. The van der Waals surface area contributed by atoms with Crippen molar-refractivity contribution in [2.24, 2.45) is 0 Å². The van der Waals surface area contributed by atoms with Crippen molar-refractivity contribution in [1.82, 2.24) is 5.32 Å². The first-order valence-electron chi connectivity index (χ1n) is 7.60. The number of esters is 1. The molecule has 1 N–H and O–H groups in total. The monoisotopic (exact) mass is 345 g/mol. The Bertz CT molecular complexity index is 724. The zero-order chi connectivity index (χ0) is 17.5. The van der Waals surface area contributed by atoms with Crippen LogP contribution in [0.4, 0.5) is 0 Å². The maximum atomic E-state index is 12.0. The third-order valence-electron chi connectivity index (χ3n) is 3.36. The van der Waals surface area contributed by atoms with Gasteiger partial charge in [0, 0.05) is 6.54 Å². The van der Waals surface area contributed by atoms with Crippen molar-refractivity contribution in [3.8, 4) is 0 Å². The van der Waals surface area contributed by atoms with Gasteiger partial charge in [0.15, 0.2) is 11.9 Å². The van der Waals surface area contributed by atoms with Gasteiger partial charge in [0.2, 0.25) is 0 Å². The number of amides is 1. The highest BCUT2D eigenvalue weighted by Gasteiger charge is 2.20. The van der Waals surface area contributed by atoms with E-state index in [1.54, 1.807) is 6.07 Å². The number of ether oxygens (including phenoxy) is 1. The number of hydrogen-bond acceptors (Lipinski definition) is 5. The third-order valence-corrected chi connectivity index (χ3v) is 4.53. The van der Waals surface area contributed by atoms with E-state index in [9.17, 15) is 14.4 Å². The Morgan fingerprint density at radius 2 is 1.75 bits per heavy atom. The molecule has 0 aliphatic rings. The van der Waals surface area contributed by atoms with Gasteiger partial charge in [-0.1, -0.05) is 30.3 Å². The molecule has 0 radical (unpaired) electrons. The molecule has 1 amide bonds. The predicted octanol–water partition coefficient (Wildman–Crippen LogP) is 2.85. The van der Waals surface area contributed by atoms with E-state index < -0.39 is 12.1 Å². The number of carbonyl (C=O) groups is 3. The van der Waals surface area contributed by atoms with Gasteiger partial charge in [-0.3, -0.25) is 9.59 Å². The Hall–Kier alpha value is -2.47. The van der Waals surface area contributed by atoms with E-state index >= 15 is 0 Å². The summed E-state index contributed by atoms with van der Waals surface area (Å²) in [6.07, 6.45) is -0.184. The zero-order valence-electron chi connectivity index (χ0n) is 13.6. The number of carbonyl (C=O) groups excluding carboxylic acids is 3. The van der Waals surface area contributed by atoms with Crippen LogP contribution >= 0.6 is 11.3 Å². The second-order valence-corrected chi connectivity index (χ2v) is 6.38. The largest absolute Gasteiger partial charge is 0.448 e. The summed E-state index contributed by atoms with van der Waals surface area (Å²) in [7, 11) is 0. The fraction of sp³-hybridized carbons (Fsp3) is 0.278. The minimum absolute atomic E-state index is 0.106. The maximum absolute atomic E-state index is 12.0. The normalized spacial score (nSPS) is 11.6. The lowest BCUT2D eigenvalue weighted by Gasteiger charge is -2.13. The van der Waals surface area contributed by atoms with E-state index in [4.69, 9.17) is 4.74 Å². The van der Waals surface area contributed by atoms with Crippen molar-refractivity contribution in [3.05, 3.63) is 57.8 Å². The Balaban J connectivity index is 1.80. The molecule has 0 aliphatic carbocycles. The Kier molecular flexibility index (Phi) is 6.26. The quantitative estimate of drug-likeness (QED) is 0.619. The first-order valence-corrected chi connectivity index (χ1v) is 8.42. The highest BCUT2D eigenvalue weighted by atomic mass is 32.1. The molecule has 6 heteroatoms. The molecule has 1 aromatic carbocycles. The predicted molar refractivity (Wildman–Crippen MR) is 92.4 cm³/mol. The Labute approximate surface area is 144 Å². The molecule has 1 aromatic heterocycles. The number of ketones is 1. The maximum Gasteiger partial charge on any atom is 0.349 e. The molecular weight excluding hydrogens is 326 g/mol. The Morgan fingerprint density at radius 3 is 2.38 bits per heavy atom. The lowest BCUT2D eigenvalue weighted by Crippen LogP contribution is -2.36. The van der Waals surface area contributed by atoms with Crippen molar-refractivity contribution < 1.29 is 19.1 Å². The lowest BCUT2D eigenvalue weighted by atomic mass is 10.1. The van der Waals surface area contributed by atoms with E-state index in [-0.39, 0.29) is 11.7 Å². The molecule has 1 unspecified atom stereocenters. The van der Waals surface area contributed by atoms with E-state index in [0.717, 1.165) is 16.9 Å². The first-order chi connectivity index (χ1) is 11.5. The van der Waals surface area contributed by atoms with Gasteiger partial charge in [-0.25, -0.2) is 4.79 Å². The summed E-state index contributed by atoms with van der Waals surface area (Å²) in [6.45, 7) is 3.43. The number of thiophene rings is 1. The molecule has 0 saturated carbocycles. The highest BCUT2D eigenvalue weighted by molar-refractivity contribution is 7.15. The summed E-state index contributed by atoms with van der Waals surface area (Å²) in [4.78, 5) is 36.0. The number of benzene rings is 1. The van der Waals surface area contributed by atoms with Crippen LogP contribution in [0.2, 0.25) is 0 Å². The third kappa shape index (κ3) is 5.03. The Morgan fingerprint density at radius 1 is 1.08 bits per heavy atom. The highest BCUT2D eigenvalue weighted by Crippen LogP contribution is 2.18. The number of Topliss-reactive ketones (excluding diaryl/α,β-unsaturated/α-hetero) is 1. The molecular formula is C18H19NO4S. The molecule has 0 bridgehead atoms. The van der Waals surface area contributed by atoms with Crippen LogP contribution in [0, 0.1) is 0 Å². The molecule has 1 heterocycles. The molecule has 126 valence electrons. The average molecular weight is 345 g/mol. The van der Waals surface area contributed by atoms with Gasteiger partial charge in [-0.05, 0) is 38.0 Å². The molecule has 0 aliphatic heterocycles. The van der Waals surface area contributed by atoms with Gasteiger partial charge in [0.1, 0.15) is 4.88 Å². The molecule has 0 saturated heterocycles. The summed E-state index contributed by atoms with van der Waals surface area (Å²) in [6, 6.07) is 12.9. The minimum Gasteiger partial charge on any atom is -0.448 e. The molecule has 2 aromatic rings. The summed E-state index contributed by atoms with van der Waals surface area (Å²) < 4.78 is 5.14. The standard InChI is InChI=1S/C18H19NO4S/c1-12(20)15-8-9-16(24-15)18(22)23-13(2)17(21)19-11-10-14-6-4-3-5-7-14/h3-9,13H,10-11H2,1-2H3,(H,19,21). The number of nitrogens with one attached hydrogen (secondary N) is 1. The van der Waals surface area contributed by atoms with Crippen molar-refractivity contribution in [1.29, 1.82) is 0 Å². The second-order valence-electron chi connectivity index (χ2n) is 5.29. The van der Waals surface area contributed by atoms with Gasteiger partial charge in [0.25, 0.3) is 5.91 Å². The fourth-order valence-corrected chi connectivity index (χ4v) is 2.81. The van der Waals surface area contributed by atoms with E-state index in [1.807, 2.05) is 30.3 Å². The van der Waals surface area contributed by atoms with Gasteiger partial charge in [0.05, 0.1) is 4.88 Å². The van der Waals surface area contributed by atoms with Crippen molar-refractivity contribution >= 4 is 29.0 Å². The first kappa shape index (κ1) is 17.9. The zero-order valence-corrected chi connectivity index (χ0v) is 14.4.